The van der Waals surface area contributed by atoms with E-state index in [0.717, 1.165) is 22.0 Å². The number of anilines is 2. The standard InChI is InChI=1S/C22H19ClN8O/c23-16-9-14(8-15-10-26-30-18(15)16)20-19(13-4-2-1-3-5-13)28-21(24)22(29-20)27-17(32)11-31-7-6-25-12-31/h1-10,12,17,32H,11H2,(H2,24,28)(H,26,30)(H,27,29). The molecule has 9 nitrogen and oxygen atoms in total. The Balaban J connectivity index is 1.61. The summed E-state index contributed by atoms with van der Waals surface area (Å²) in [4.78, 5) is 13.3. The molecule has 10 heteroatoms. The van der Waals surface area contributed by atoms with Gasteiger partial charge in [0.15, 0.2) is 11.6 Å². The van der Waals surface area contributed by atoms with Crippen molar-refractivity contribution in [3.63, 3.8) is 0 Å². The van der Waals surface area contributed by atoms with Gasteiger partial charge in [-0.05, 0) is 12.1 Å². The number of nitrogen functional groups attached to an aromatic ring is 1. The first-order chi connectivity index (χ1) is 15.6. The van der Waals surface area contributed by atoms with E-state index in [1.165, 1.54) is 0 Å². The average Bonchev–Trinajstić information content (AvgIpc) is 3.47. The number of aliphatic hydroxyl groups excluding tert-OH is 1. The molecule has 0 aliphatic rings. The monoisotopic (exact) mass is 446 g/mol. The Hall–Kier alpha value is -3.95. The van der Waals surface area contributed by atoms with Gasteiger partial charge in [-0.25, -0.2) is 15.0 Å². The zero-order valence-corrected chi connectivity index (χ0v) is 17.5. The molecule has 32 heavy (non-hydrogen) atoms. The highest BCUT2D eigenvalue weighted by atomic mass is 35.5. The maximum Gasteiger partial charge on any atom is 0.171 e. The quantitative estimate of drug-likeness (QED) is 0.293. The highest BCUT2D eigenvalue weighted by Crippen LogP contribution is 2.35. The number of nitrogens with zero attached hydrogens (tertiary/aromatic N) is 5. The van der Waals surface area contributed by atoms with Gasteiger partial charge in [-0.2, -0.15) is 5.10 Å². The smallest absolute Gasteiger partial charge is 0.171 e. The Morgan fingerprint density at radius 1 is 1.12 bits per heavy atom. The molecule has 0 aliphatic heterocycles. The van der Waals surface area contributed by atoms with Crippen molar-refractivity contribution in [1.82, 2.24) is 29.7 Å². The lowest BCUT2D eigenvalue weighted by Crippen LogP contribution is -2.26. The molecule has 0 aliphatic carbocycles. The Bertz CT molecular complexity index is 1370. The van der Waals surface area contributed by atoms with Crippen LogP contribution in [-0.4, -0.2) is 41.1 Å². The zero-order valence-electron chi connectivity index (χ0n) is 16.8. The summed E-state index contributed by atoms with van der Waals surface area (Å²) < 4.78 is 1.74. The summed E-state index contributed by atoms with van der Waals surface area (Å²) in [6, 6.07) is 13.4. The van der Waals surface area contributed by atoms with Gasteiger partial charge in [0.2, 0.25) is 0 Å². The van der Waals surface area contributed by atoms with Crippen molar-refractivity contribution in [3.8, 4) is 22.5 Å². The Morgan fingerprint density at radius 2 is 1.94 bits per heavy atom. The van der Waals surface area contributed by atoms with Crippen LogP contribution in [0.4, 0.5) is 11.6 Å². The minimum atomic E-state index is -0.948. The third kappa shape index (κ3) is 3.86. The molecule has 0 spiro atoms. The number of hydrogen-bond donors (Lipinski definition) is 4. The average molecular weight is 447 g/mol. The number of fused-ring (bicyclic) bond motifs is 1. The highest BCUT2D eigenvalue weighted by molar-refractivity contribution is 6.35. The predicted molar refractivity (Wildman–Crippen MR) is 124 cm³/mol. The van der Waals surface area contributed by atoms with Gasteiger partial charge >= 0.3 is 0 Å². The number of aromatic amines is 1. The number of aliphatic hydroxyl groups is 1. The fraction of sp³-hybridized carbons (Fsp3) is 0.0909. The van der Waals surface area contributed by atoms with Crippen LogP contribution in [0.25, 0.3) is 33.4 Å². The van der Waals surface area contributed by atoms with Crippen molar-refractivity contribution >= 4 is 34.1 Å². The first-order valence-electron chi connectivity index (χ1n) is 9.85. The molecule has 1 unspecified atom stereocenters. The SMILES string of the molecule is Nc1nc(-c2ccccc2)c(-c2cc(Cl)c3[nH]ncc3c2)nc1NC(O)Cn1ccnc1. The molecule has 5 rings (SSSR count). The predicted octanol–water partition coefficient (Wildman–Crippen LogP) is 3.55. The summed E-state index contributed by atoms with van der Waals surface area (Å²) >= 11 is 6.48. The Kier molecular flexibility index (Phi) is 5.18. The summed E-state index contributed by atoms with van der Waals surface area (Å²) in [5.41, 5.74) is 9.76. The number of nitrogens with two attached hydrogens (primary N) is 1. The second-order valence-corrected chi connectivity index (χ2v) is 7.64. The molecule has 0 fully saturated rings. The van der Waals surface area contributed by atoms with E-state index < -0.39 is 6.23 Å². The first kappa shape index (κ1) is 20.0. The number of imidazole rings is 1. The molecule has 2 aromatic carbocycles. The number of nitrogens with one attached hydrogen (secondary N) is 2. The van der Waals surface area contributed by atoms with Crippen LogP contribution in [0, 0.1) is 0 Å². The zero-order chi connectivity index (χ0) is 22.1. The molecule has 1 atom stereocenters. The summed E-state index contributed by atoms with van der Waals surface area (Å²) in [5, 5.41) is 21.7. The van der Waals surface area contributed by atoms with Crippen molar-refractivity contribution in [2.24, 2.45) is 0 Å². The van der Waals surface area contributed by atoms with Gasteiger partial charge < -0.3 is 20.7 Å². The van der Waals surface area contributed by atoms with Gasteiger partial charge in [0.1, 0.15) is 6.23 Å². The molecular weight excluding hydrogens is 428 g/mol. The molecule has 0 radical (unpaired) electrons. The van der Waals surface area contributed by atoms with E-state index in [1.807, 2.05) is 36.4 Å². The van der Waals surface area contributed by atoms with Gasteiger partial charge in [0.05, 0.1) is 41.0 Å². The number of aromatic nitrogens is 6. The van der Waals surface area contributed by atoms with E-state index in [1.54, 1.807) is 35.6 Å². The summed E-state index contributed by atoms with van der Waals surface area (Å²) in [6.45, 7) is 0.268. The van der Waals surface area contributed by atoms with E-state index in [0.29, 0.717) is 16.4 Å². The lowest BCUT2D eigenvalue weighted by atomic mass is 10.0. The number of rotatable bonds is 6. The van der Waals surface area contributed by atoms with Gasteiger partial charge in [0, 0.05) is 28.9 Å². The summed E-state index contributed by atoms with van der Waals surface area (Å²) in [6.07, 6.45) is 5.77. The number of halogens is 1. The third-order valence-corrected chi connectivity index (χ3v) is 5.29. The van der Waals surface area contributed by atoms with Crippen LogP contribution in [-0.2, 0) is 6.54 Å². The lowest BCUT2D eigenvalue weighted by molar-refractivity contribution is 0.181. The second-order valence-electron chi connectivity index (χ2n) is 7.23. The van der Waals surface area contributed by atoms with Crippen LogP contribution >= 0.6 is 11.6 Å². The maximum atomic E-state index is 10.5. The highest BCUT2D eigenvalue weighted by Gasteiger charge is 2.18. The van der Waals surface area contributed by atoms with E-state index in [4.69, 9.17) is 22.3 Å². The van der Waals surface area contributed by atoms with Crippen LogP contribution in [0.15, 0.2) is 67.4 Å². The molecule has 0 saturated heterocycles. The van der Waals surface area contributed by atoms with Crippen molar-refractivity contribution < 1.29 is 5.11 Å². The van der Waals surface area contributed by atoms with Crippen LogP contribution in [0.3, 0.4) is 0 Å². The molecule has 0 saturated carbocycles. The number of hydrogen-bond acceptors (Lipinski definition) is 7. The first-order valence-corrected chi connectivity index (χ1v) is 10.2. The van der Waals surface area contributed by atoms with Gasteiger partial charge in [0.25, 0.3) is 0 Å². The van der Waals surface area contributed by atoms with Crippen molar-refractivity contribution in [3.05, 3.63) is 72.4 Å². The Labute approximate surface area is 187 Å². The third-order valence-electron chi connectivity index (χ3n) is 4.99. The second kappa shape index (κ2) is 8.29. The molecule has 0 bridgehead atoms. The fourth-order valence-electron chi connectivity index (χ4n) is 3.50. The molecule has 5 aromatic rings. The van der Waals surface area contributed by atoms with Crippen molar-refractivity contribution in [2.75, 3.05) is 11.1 Å². The molecule has 160 valence electrons. The number of benzene rings is 2. The topological polar surface area (TPSA) is 131 Å². The lowest BCUT2D eigenvalue weighted by Gasteiger charge is -2.18. The van der Waals surface area contributed by atoms with Crippen LogP contribution in [0.5, 0.6) is 0 Å². The van der Waals surface area contributed by atoms with E-state index >= 15 is 0 Å². The van der Waals surface area contributed by atoms with Crippen LogP contribution < -0.4 is 11.1 Å². The van der Waals surface area contributed by atoms with Crippen molar-refractivity contribution in [2.45, 2.75) is 12.8 Å². The molecular formula is C22H19ClN8O. The van der Waals surface area contributed by atoms with Crippen LogP contribution in [0.2, 0.25) is 5.02 Å². The summed E-state index contributed by atoms with van der Waals surface area (Å²) in [7, 11) is 0. The molecule has 3 heterocycles. The maximum absolute atomic E-state index is 10.5. The minimum absolute atomic E-state index is 0.174. The van der Waals surface area contributed by atoms with E-state index in [2.05, 4.69) is 25.5 Å². The van der Waals surface area contributed by atoms with Crippen molar-refractivity contribution in [1.29, 1.82) is 0 Å². The van der Waals surface area contributed by atoms with Gasteiger partial charge in [-0.1, -0.05) is 41.9 Å². The molecule has 0 amide bonds. The molecule has 3 aromatic heterocycles. The van der Waals surface area contributed by atoms with Crippen LogP contribution in [0.1, 0.15) is 0 Å². The summed E-state index contributed by atoms with van der Waals surface area (Å²) in [5.74, 6) is 0.448. The van der Waals surface area contributed by atoms with Gasteiger partial charge in [-0.3, -0.25) is 5.10 Å². The van der Waals surface area contributed by atoms with Gasteiger partial charge in [-0.15, -0.1) is 0 Å². The minimum Gasteiger partial charge on any atom is -0.381 e. The van der Waals surface area contributed by atoms with E-state index in [-0.39, 0.29) is 18.2 Å². The number of H-pyrrole nitrogens is 1. The Morgan fingerprint density at radius 3 is 2.72 bits per heavy atom. The molecule has 5 N–H and O–H groups in total. The largest absolute Gasteiger partial charge is 0.381 e. The normalized spacial score (nSPS) is 12.2. The fourth-order valence-corrected chi connectivity index (χ4v) is 3.77. The van der Waals surface area contributed by atoms with E-state index in [9.17, 15) is 5.11 Å².